The number of sulfonamides is 1. The zero-order valence-electron chi connectivity index (χ0n) is 11.8. The average Bonchev–Trinajstić information content (AvgIpc) is 2.30. The second-order valence-electron chi connectivity index (χ2n) is 5.54. The number of nitrogens with one attached hydrogen (secondary N) is 1. The van der Waals surface area contributed by atoms with Crippen LogP contribution in [0.15, 0.2) is 32.0 Å². The molecule has 0 aliphatic heterocycles. The van der Waals surface area contributed by atoms with Crippen molar-refractivity contribution in [2.24, 2.45) is 11.7 Å². The summed E-state index contributed by atoms with van der Waals surface area (Å²) in [5.74, 6) is 0.345. The lowest BCUT2D eigenvalue weighted by molar-refractivity contribution is 0.344. The molecule has 0 saturated carbocycles. The van der Waals surface area contributed by atoms with Crippen molar-refractivity contribution in [3.63, 3.8) is 0 Å². The molecule has 1 rings (SSSR count). The molecular weight excluding hydrogens is 408 g/mol. The van der Waals surface area contributed by atoms with Crippen LogP contribution in [-0.4, -0.2) is 20.5 Å². The van der Waals surface area contributed by atoms with Crippen LogP contribution in [0.3, 0.4) is 0 Å². The van der Waals surface area contributed by atoms with E-state index in [1.165, 1.54) is 0 Å². The van der Waals surface area contributed by atoms with Crippen LogP contribution in [0.5, 0.6) is 0 Å². The van der Waals surface area contributed by atoms with Gasteiger partial charge in [-0.05, 0) is 53.4 Å². The Morgan fingerprint density at radius 2 is 1.95 bits per heavy atom. The Hall–Kier alpha value is 0.0500. The van der Waals surface area contributed by atoms with Crippen molar-refractivity contribution in [1.82, 2.24) is 4.72 Å². The lowest BCUT2D eigenvalue weighted by atomic mass is 9.92. The van der Waals surface area contributed by atoms with Crippen LogP contribution in [0.25, 0.3) is 0 Å². The second kappa shape index (κ2) is 6.87. The van der Waals surface area contributed by atoms with Crippen LogP contribution < -0.4 is 10.5 Å². The molecule has 0 radical (unpaired) electrons. The minimum Gasteiger partial charge on any atom is -0.329 e. The molecule has 1 aromatic rings. The van der Waals surface area contributed by atoms with Gasteiger partial charge in [-0.2, -0.15) is 0 Å². The number of benzene rings is 1. The van der Waals surface area contributed by atoms with Gasteiger partial charge in [0.25, 0.3) is 0 Å². The van der Waals surface area contributed by atoms with E-state index in [0.29, 0.717) is 21.3 Å². The molecule has 114 valence electrons. The van der Waals surface area contributed by atoms with Gasteiger partial charge < -0.3 is 5.73 Å². The molecule has 1 unspecified atom stereocenters. The first-order valence-corrected chi connectivity index (χ1v) is 9.36. The number of halogens is 2. The van der Waals surface area contributed by atoms with Crippen LogP contribution in [0.4, 0.5) is 0 Å². The molecule has 7 heteroatoms. The Kier molecular flexibility index (Phi) is 6.22. The molecule has 0 aliphatic rings. The van der Waals surface area contributed by atoms with E-state index in [1.807, 2.05) is 20.8 Å². The first kappa shape index (κ1) is 18.1. The highest BCUT2D eigenvalue weighted by atomic mass is 79.9. The van der Waals surface area contributed by atoms with Crippen molar-refractivity contribution in [3.05, 3.63) is 27.1 Å². The Morgan fingerprint density at radius 1 is 1.35 bits per heavy atom. The highest BCUT2D eigenvalue weighted by Gasteiger charge is 2.31. The van der Waals surface area contributed by atoms with Gasteiger partial charge in [0.2, 0.25) is 10.0 Å². The highest BCUT2D eigenvalue weighted by molar-refractivity contribution is 9.11. The summed E-state index contributed by atoms with van der Waals surface area (Å²) < 4.78 is 29.1. The molecule has 1 atom stereocenters. The molecule has 0 aromatic heterocycles. The van der Waals surface area contributed by atoms with Gasteiger partial charge in [-0.1, -0.05) is 29.8 Å². The number of hydrogen-bond acceptors (Lipinski definition) is 3. The van der Waals surface area contributed by atoms with Crippen molar-refractivity contribution in [3.8, 4) is 0 Å². The third-order valence-electron chi connectivity index (χ3n) is 2.87. The quantitative estimate of drug-likeness (QED) is 0.731. The summed E-state index contributed by atoms with van der Waals surface area (Å²) in [6, 6.07) is 5.04. The van der Waals surface area contributed by atoms with Crippen molar-refractivity contribution < 1.29 is 8.42 Å². The summed E-state index contributed by atoms with van der Waals surface area (Å²) in [4.78, 5) is 0.204. The van der Waals surface area contributed by atoms with Gasteiger partial charge in [0.1, 0.15) is 0 Å². The van der Waals surface area contributed by atoms with Gasteiger partial charge in [0.05, 0.1) is 4.90 Å². The number of rotatable bonds is 6. The first-order chi connectivity index (χ1) is 9.09. The maximum absolute atomic E-state index is 12.5. The third-order valence-corrected chi connectivity index (χ3v) is 6.00. The van der Waals surface area contributed by atoms with Gasteiger partial charge in [-0.3, -0.25) is 0 Å². The third kappa shape index (κ3) is 4.80. The van der Waals surface area contributed by atoms with Gasteiger partial charge in [-0.25, -0.2) is 13.1 Å². The fraction of sp³-hybridized carbons (Fsp3) is 0.538. The van der Waals surface area contributed by atoms with Crippen LogP contribution in [0, 0.1) is 5.92 Å². The van der Waals surface area contributed by atoms with Crippen molar-refractivity contribution in [2.75, 3.05) is 6.54 Å². The number of nitrogens with two attached hydrogens (primary N) is 1. The fourth-order valence-electron chi connectivity index (χ4n) is 2.13. The van der Waals surface area contributed by atoms with Crippen LogP contribution in [0.1, 0.15) is 27.2 Å². The minimum atomic E-state index is -3.64. The monoisotopic (exact) mass is 426 g/mol. The van der Waals surface area contributed by atoms with Crippen LogP contribution >= 0.6 is 31.9 Å². The van der Waals surface area contributed by atoms with E-state index in [2.05, 4.69) is 36.6 Å². The van der Waals surface area contributed by atoms with Gasteiger partial charge in [0, 0.05) is 21.0 Å². The Morgan fingerprint density at radius 3 is 2.45 bits per heavy atom. The van der Waals surface area contributed by atoms with Crippen LogP contribution in [0.2, 0.25) is 0 Å². The molecule has 0 spiro atoms. The lowest BCUT2D eigenvalue weighted by Crippen LogP contribution is -2.52. The maximum Gasteiger partial charge on any atom is 0.242 e. The van der Waals surface area contributed by atoms with Crippen molar-refractivity contribution >= 4 is 41.9 Å². The summed E-state index contributed by atoms with van der Waals surface area (Å²) in [7, 11) is -3.64. The summed E-state index contributed by atoms with van der Waals surface area (Å²) in [6.45, 7) is 6.15. The van der Waals surface area contributed by atoms with E-state index >= 15 is 0 Å². The normalized spacial score (nSPS) is 15.3. The number of hydrogen-bond donors (Lipinski definition) is 2. The van der Waals surface area contributed by atoms with E-state index in [0.717, 1.165) is 0 Å². The molecule has 0 bridgehead atoms. The molecule has 0 fully saturated rings. The maximum atomic E-state index is 12.5. The first-order valence-electron chi connectivity index (χ1n) is 6.29. The second-order valence-corrected chi connectivity index (χ2v) is 8.96. The Balaban J connectivity index is 3.14. The van der Waals surface area contributed by atoms with Gasteiger partial charge >= 0.3 is 0 Å². The smallest absolute Gasteiger partial charge is 0.242 e. The predicted octanol–water partition coefficient (Wildman–Crippen LogP) is 3.25. The van der Waals surface area contributed by atoms with E-state index < -0.39 is 15.6 Å². The molecule has 20 heavy (non-hydrogen) atoms. The lowest BCUT2D eigenvalue weighted by Gasteiger charge is -2.31. The zero-order valence-corrected chi connectivity index (χ0v) is 15.8. The fourth-order valence-corrected chi connectivity index (χ4v) is 5.06. The molecule has 0 saturated heterocycles. The van der Waals surface area contributed by atoms with Gasteiger partial charge in [0.15, 0.2) is 0 Å². The zero-order chi connectivity index (χ0) is 15.6. The van der Waals surface area contributed by atoms with Crippen molar-refractivity contribution in [1.29, 1.82) is 0 Å². The Bertz CT molecular complexity index is 576. The minimum absolute atomic E-state index is 0.204. The van der Waals surface area contributed by atoms with E-state index in [9.17, 15) is 8.42 Å². The molecule has 0 amide bonds. The summed E-state index contributed by atoms with van der Waals surface area (Å²) in [5, 5.41) is 0. The molecule has 1 aromatic carbocycles. The summed E-state index contributed by atoms with van der Waals surface area (Å²) >= 11 is 6.56. The predicted molar refractivity (Wildman–Crippen MR) is 89.1 cm³/mol. The van der Waals surface area contributed by atoms with E-state index in [4.69, 9.17) is 5.73 Å². The largest absolute Gasteiger partial charge is 0.329 e. The van der Waals surface area contributed by atoms with E-state index in [1.54, 1.807) is 18.2 Å². The molecule has 3 N–H and O–H groups in total. The highest BCUT2D eigenvalue weighted by Crippen LogP contribution is 2.27. The Labute approximate surface area is 137 Å². The molecule has 4 nitrogen and oxygen atoms in total. The van der Waals surface area contributed by atoms with Gasteiger partial charge in [-0.15, -0.1) is 0 Å². The SMILES string of the molecule is CC(C)CC(C)(CN)NS(=O)(=O)c1cc(Br)ccc1Br. The summed E-state index contributed by atoms with van der Waals surface area (Å²) in [6.07, 6.45) is 0.675. The average molecular weight is 428 g/mol. The van der Waals surface area contributed by atoms with Crippen LogP contribution in [-0.2, 0) is 10.0 Å². The van der Waals surface area contributed by atoms with E-state index in [-0.39, 0.29) is 11.4 Å². The topological polar surface area (TPSA) is 72.2 Å². The van der Waals surface area contributed by atoms with Crippen molar-refractivity contribution in [2.45, 2.75) is 37.6 Å². The summed E-state index contributed by atoms with van der Waals surface area (Å²) in [5.41, 5.74) is 5.10. The molecule has 0 heterocycles. The molecule has 0 aliphatic carbocycles. The standard InChI is InChI=1S/C13H20Br2N2O2S/c1-9(2)7-13(3,8-16)17-20(18,19)12-6-10(14)4-5-11(12)15/h4-6,9,17H,7-8,16H2,1-3H3. The molecular formula is C13H20Br2N2O2S.